The molecule has 3 rings (SSSR count). The van der Waals surface area contributed by atoms with Gasteiger partial charge in [0.2, 0.25) is 5.91 Å². The molecule has 2 N–H and O–H groups in total. The van der Waals surface area contributed by atoms with Gasteiger partial charge in [0.05, 0.1) is 6.54 Å². The van der Waals surface area contributed by atoms with Crippen molar-refractivity contribution < 1.29 is 14.7 Å². The van der Waals surface area contributed by atoms with Crippen LogP contribution in [0.5, 0.6) is 0 Å². The Morgan fingerprint density at radius 3 is 2.50 bits per heavy atom. The molecule has 0 fully saturated rings. The summed E-state index contributed by atoms with van der Waals surface area (Å²) < 4.78 is 2.97. The van der Waals surface area contributed by atoms with E-state index in [-0.39, 0.29) is 11.6 Å². The Labute approximate surface area is 170 Å². The first-order chi connectivity index (χ1) is 13.3. The maximum Gasteiger partial charge on any atom is 0.356 e. The Hall–Kier alpha value is -2.84. The van der Waals surface area contributed by atoms with E-state index in [4.69, 9.17) is 28.3 Å². The van der Waals surface area contributed by atoms with E-state index >= 15 is 0 Å². The van der Waals surface area contributed by atoms with Gasteiger partial charge in [-0.2, -0.15) is 10.2 Å². The molecular formula is C18H17Cl2N5O3. The van der Waals surface area contributed by atoms with Crippen molar-refractivity contribution in [2.75, 3.05) is 5.32 Å². The second-order valence-corrected chi connectivity index (χ2v) is 6.99. The highest BCUT2D eigenvalue weighted by Gasteiger charge is 2.19. The Balaban J connectivity index is 1.73. The van der Waals surface area contributed by atoms with E-state index in [9.17, 15) is 9.59 Å². The number of hydrogen-bond donors (Lipinski definition) is 2. The number of carbonyl (C=O) groups excluding carboxylic acids is 1. The van der Waals surface area contributed by atoms with Crippen LogP contribution in [0.25, 0.3) is 0 Å². The number of amides is 1. The zero-order chi connectivity index (χ0) is 20.4. The van der Waals surface area contributed by atoms with Gasteiger partial charge in [-0.3, -0.25) is 14.2 Å². The molecule has 1 unspecified atom stereocenters. The van der Waals surface area contributed by atoms with Crippen molar-refractivity contribution in [3.05, 3.63) is 63.5 Å². The number of nitrogens with one attached hydrogen (secondary N) is 1. The Bertz CT molecular complexity index is 1020. The summed E-state index contributed by atoms with van der Waals surface area (Å²) in [5.74, 6) is -1.16. The highest BCUT2D eigenvalue weighted by atomic mass is 35.5. The molecule has 1 aromatic carbocycles. The summed E-state index contributed by atoms with van der Waals surface area (Å²) >= 11 is 12.4. The standard InChI is InChI=1S/C18H17Cl2N5O3/c1-10-8-16(23-25(10)9-12-13(19)4-3-5-14(12)20)21-17(26)11(2)24-7-6-15(22-24)18(27)28/h3-8,11H,9H2,1-2H3,(H,27,28)(H,21,23,26). The minimum Gasteiger partial charge on any atom is -0.476 e. The average molecular weight is 422 g/mol. The van der Waals surface area contributed by atoms with Crippen LogP contribution in [0.4, 0.5) is 5.82 Å². The molecule has 0 aliphatic heterocycles. The van der Waals surface area contributed by atoms with Crippen LogP contribution in [0.1, 0.15) is 34.7 Å². The predicted octanol–water partition coefficient (Wildman–Crippen LogP) is 3.64. The van der Waals surface area contributed by atoms with Crippen LogP contribution in [0, 0.1) is 6.92 Å². The maximum absolute atomic E-state index is 12.5. The van der Waals surface area contributed by atoms with Crippen molar-refractivity contribution in [2.24, 2.45) is 0 Å². The molecule has 0 spiro atoms. The molecular weight excluding hydrogens is 405 g/mol. The van der Waals surface area contributed by atoms with E-state index in [0.717, 1.165) is 11.3 Å². The van der Waals surface area contributed by atoms with Crippen LogP contribution < -0.4 is 5.32 Å². The monoisotopic (exact) mass is 421 g/mol. The lowest BCUT2D eigenvalue weighted by atomic mass is 10.2. The summed E-state index contributed by atoms with van der Waals surface area (Å²) in [6.45, 7) is 3.82. The number of carbonyl (C=O) groups is 2. The van der Waals surface area contributed by atoms with Gasteiger partial charge in [0.1, 0.15) is 6.04 Å². The number of aryl methyl sites for hydroxylation is 1. The lowest BCUT2D eigenvalue weighted by Gasteiger charge is -2.11. The van der Waals surface area contributed by atoms with Crippen molar-refractivity contribution in [3.8, 4) is 0 Å². The molecule has 0 bridgehead atoms. The number of anilines is 1. The first-order valence-corrected chi connectivity index (χ1v) is 9.08. The zero-order valence-electron chi connectivity index (χ0n) is 15.1. The molecule has 10 heteroatoms. The molecule has 146 valence electrons. The third-order valence-corrected chi connectivity index (χ3v) is 4.91. The molecule has 0 saturated heterocycles. The number of carboxylic acid groups (broad SMARTS) is 1. The van der Waals surface area contributed by atoms with Gasteiger partial charge in [-0.05, 0) is 32.0 Å². The van der Waals surface area contributed by atoms with Crippen LogP contribution in [-0.2, 0) is 11.3 Å². The number of rotatable bonds is 6. The molecule has 2 aromatic heterocycles. The fraction of sp³-hybridized carbons (Fsp3) is 0.222. The summed E-state index contributed by atoms with van der Waals surface area (Å²) in [6.07, 6.45) is 1.44. The molecule has 0 radical (unpaired) electrons. The predicted molar refractivity (Wildman–Crippen MR) is 105 cm³/mol. The van der Waals surface area contributed by atoms with Crippen molar-refractivity contribution >= 4 is 40.9 Å². The van der Waals surface area contributed by atoms with Crippen LogP contribution >= 0.6 is 23.2 Å². The van der Waals surface area contributed by atoms with Gasteiger partial charge in [0, 0.05) is 33.6 Å². The topological polar surface area (TPSA) is 102 Å². The Morgan fingerprint density at radius 1 is 1.21 bits per heavy atom. The second kappa shape index (κ2) is 8.04. The van der Waals surface area contributed by atoms with Crippen molar-refractivity contribution in [1.29, 1.82) is 0 Å². The third kappa shape index (κ3) is 4.18. The molecule has 8 nitrogen and oxygen atoms in total. The van der Waals surface area contributed by atoms with Crippen LogP contribution in [-0.4, -0.2) is 36.5 Å². The number of nitrogens with zero attached hydrogens (tertiary/aromatic N) is 4. The molecule has 3 aromatic rings. The van der Waals surface area contributed by atoms with Gasteiger partial charge >= 0.3 is 5.97 Å². The average Bonchev–Trinajstić information content (AvgIpc) is 3.25. The van der Waals surface area contributed by atoms with Crippen molar-refractivity contribution in [1.82, 2.24) is 19.6 Å². The summed E-state index contributed by atoms with van der Waals surface area (Å²) in [4.78, 5) is 23.4. The van der Waals surface area contributed by atoms with Gasteiger partial charge in [-0.15, -0.1) is 0 Å². The van der Waals surface area contributed by atoms with Crippen molar-refractivity contribution in [2.45, 2.75) is 26.4 Å². The third-order valence-electron chi connectivity index (χ3n) is 4.21. The Kier molecular flexibility index (Phi) is 5.71. The highest BCUT2D eigenvalue weighted by Crippen LogP contribution is 2.26. The van der Waals surface area contributed by atoms with Gasteiger partial charge in [-0.25, -0.2) is 4.79 Å². The largest absolute Gasteiger partial charge is 0.476 e. The quantitative estimate of drug-likeness (QED) is 0.632. The zero-order valence-corrected chi connectivity index (χ0v) is 16.6. The molecule has 2 heterocycles. The SMILES string of the molecule is Cc1cc(NC(=O)C(C)n2ccc(C(=O)O)n2)nn1Cc1c(Cl)cccc1Cl. The van der Waals surface area contributed by atoms with E-state index in [1.807, 2.05) is 6.92 Å². The molecule has 0 aliphatic rings. The number of aromatic carboxylic acids is 1. The second-order valence-electron chi connectivity index (χ2n) is 6.18. The Morgan fingerprint density at radius 2 is 1.89 bits per heavy atom. The number of benzene rings is 1. The van der Waals surface area contributed by atoms with Crippen LogP contribution in [0.15, 0.2) is 36.5 Å². The lowest BCUT2D eigenvalue weighted by molar-refractivity contribution is -0.119. The lowest BCUT2D eigenvalue weighted by Crippen LogP contribution is -2.24. The van der Waals surface area contributed by atoms with Gasteiger partial charge < -0.3 is 10.4 Å². The van der Waals surface area contributed by atoms with E-state index in [1.165, 1.54) is 16.9 Å². The first-order valence-electron chi connectivity index (χ1n) is 8.33. The highest BCUT2D eigenvalue weighted by molar-refractivity contribution is 6.35. The minimum atomic E-state index is -1.15. The smallest absolute Gasteiger partial charge is 0.356 e. The minimum absolute atomic E-state index is 0.128. The van der Waals surface area contributed by atoms with Gasteiger partial charge in [0.25, 0.3) is 0 Å². The number of halogens is 2. The van der Waals surface area contributed by atoms with Crippen LogP contribution in [0.3, 0.4) is 0 Å². The van der Waals surface area contributed by atoms with Crippen molar-refractivity contribution in [3.63, 3.8) is 0 Å². The summed E-state index contributed by atoms with van der Waals surface area (Å²) in [6, 6.07) is 7.61. The van der Waals surface area contributed by atoms with E-state index < -0.39 is 12.0 Å². The molecule has 1 atom stereocenters. The summed E-state index contributed by atoms with van der Waals surface area (Å²) in [5.41, 5.74) is 1.42. The van der Waals surface area contributed by atoms with E-state index in [1.54, 1.807) is 35.9 Å². The maximum atomic E-state index is 12.5. The number of aromatic nitrogens is 4. The number of carboxylic acids is 1. The molecule has 0 saturated carbocycles. The van der Waals surface area contributed by atoms with E-state index in [2.05, 4.69) is 15.5 Å². The van der Waals surface area contributed by atoms with Gasteiger partial charge in [0.15, 0.2) is 11.5 Å². The van der Waals surface area contributed by atoms with Gasteiger partial charge in [-0.1, -0.05) is 29.3 Å². The first kappa shape index (κ1) is 19.9. The molecule has 0 aliphatic carbocycles. The fourth-order valence-electron chi connectivity index (χ4n) is 2.58. The summed E-state index contributed by atoms with van der Waals surface area (Å²) in [5, 5.41) is 21.0. The normalized spacial score (nSPS) is 12.0. The fourth-order valence-corrected chi connectivity index (χ4v) is 3.10. The summed E-state index contributed by atoms with van der Waals surface area (Å²) in [7, 11) is 0. The molecule has 1 amide bonds. The molecule has 28 heavy (non-hydrogen) atoms. The van der Waals surface area contributed by atoms with Crippen LogP contribution in [0.2, 0.25) is 10.0 Å². The number of hydrogen-bond acceptors (Lipinski definition) is 4. The van der Waals surface area contributed by atoms with E-state index in [0.29, 0.717) is 22.4 Å².